The summed E-state index contributed by atoms with van der Waals surface area (Å²) >= 11 is 0. The zero-order valence-electron chi connectivity index (χ0n) is 14.6. The number of piperidine rings is 1. The average Bonchev–Trinajstić information content (AvgIpc) is 3.08. The highest BCUT2D eigenvalue weighted by molar-refractivity contribution is 5.31. The molecule has 1 aliphatic rings. The molecule has 1 atom stereocenters. The van der Waals surface area contributed by atoms with E-state index in [1.165, 1.54) is 12.8 Å². The first kappa shape index (κ1) is 16.8. The van der Waals surface area contributed by atoms with Crippen LogP contribution in [0.1, 0.15) is 25.6 Å². The van der Waals surface area contributed by atoms with Gasteiger partial charge in [-0.3, -0.25) is 4.90 Å². The van der Waals surface area contributed by atoms with E-state index in [2.05, 4.69) is 27.6 Å². The summed E-state index contributed by atoms with van der Waals surface area (Å²) in [6.07, 6.45) is 6.41. The molecule has 1 aromatic heterocycles. The van der Waals surface area contributed by atoms with Crippen LogP contribution < -0.4 is 9.47 Å². The third-order valence-corrected chi connectivity index (χ3v) is 4.66. The van der Waals surface area contributed by atoms with Crippen LogP contribution in [0.15, 0.2) is 36.7 Å². The fourth-order valence-corrected chi connectivity index (χ4v) is 3.30. The maximum Gasteiger partial charge on any atom is 0.122 e. The van der Waals surface area contributed by atoms with Gasteiger partial charge in [-0.25, -0.2) is 4.98 Å². The van der Waals surface area contributed by atoms with Crippen LogP contribution in [-0.2, 0) is 13.1 Å². The van der Waals surface area contributed by atoms with Crippen LogP contribution in [0.2, 0.25) is 0 Å². The van der Waals surface area contributed by atoms with Crippen LogP contribution in [0.4, 0.5) is 0 Å². The summed E-state index contributed by atoms with van der Waals surface area (Å²) in [6.45, 7) is 7.06. The molecule has 0 bridgehead atoms. The minimum Gasteiger partial charge on any atom is -0.497 e. The van der Waals surface area contributed by atoms with Gasteiger partial charge in [0.25, 0.3) is 0 Å². The lowest BCUT2D eigenvalue weighted by Gasteiger charge is -2.32. The Balaban J connectivity index is 1.49. The molecule has 3 rings (SSSR count). The van der Waals surface area contributed by atoms with E-state index in [-0.39, 0.29) is 0 Å². The Hall–Kier alpha value is -2.01. The molecule has 0 spiro atoms. The van der Waals surface area contributed by atoms with Gasteiger partial charge in [0, 0.05) is 31.4 Å². The van der Waals surface area contributed by atoms with Crippen LogP contribution in [-0.4, -0.2) is 41.3 Å². The highest BCUT2D eigenvalue weighted by Crippen LogP contribution is 2.21. The molecule has 0 aliphatic carbocycles. The number of rotatable bonds is 7. The van der Waals surface area contributed by atoms with Crippen LogP contribution in [0.3, 0.4) is 0 Å². The first-order chi connectivity index (χ1) is 11.8. The summed E-state index contributed by atoms with van der Waals surface area (Å²) in [6, 6.07) is 7.81. The minimum atomic E-state index is 0.575. The number of benzene rings is 1. The Morgan fingerprint density at radius 1 is 1.21 bits per heavy atom. The zero-order valence-corrected chi connectivity index (χ0v) is 14.6. The summed E-state index contributed by atoms with van der Waals surface area (Å²) < 4.78 is 13.4. The van der Waals surface area contributed by atoms with Crippen molar-refractivity contribution in [1.82, 2.24) is 14.5 Å². The molecule has 1 aromatic carbocycles. The molecule has 0 radical (unpaired) electrons. The predicted octanol–water partition coefficient (Wildman–Crippen LogP) is 3.20. The van der Waals surface area contributed by atoms with Gasteiger partial charge in [0.2, 0.25) is 0 Å². The Bertz CT molecular complexity index is 624. The van der Waals surface area contributed by atoms with Crippen molar-refractivity contribution >= 4 is 0 Å². The monoisotopic (exact) mass is 329 g/mol. The zero-order chi connectivity index (χ0) is 16.8. The van der Waals surface area contributed by atoms with Gasteiger partial charge in [0.15, 0.2) is 0 Å². The van der Waals surface area contributed by atoms with Crippen molar-refractivity contribution in [3.63, 3.8) is 0 Å². The number of imidazole rings is 1. The van der Waals surface area contributed by atoms with E-state index in [0.717, 1.165) is 50.1 Å². The molecule has 1 saturated heterocycles. The maximum atomic E-state index is 5.97. The minimum absolute atomic E-state index is 0.575. The lowest BCUT2D eigenvalue weighted by molar-refractivity contribution is 0.122. The number of methoxy groups -OCH3 is 1. The van der Waals surface area contributed by atoms with Crippen molar-refractivity contribution in [3.8, 4) is 11.5 Å². The Morgan fingerprint density at radius 2 is 2.00 bits per heavy atom. The van der Waals surface area contributed by atoms with E-state index in [4.69, 9.17) is 9.47 Å². The SMILES string of the molecule is CCn1ccnc1CN1CCC[C@H](COc2ccc(OC)cc2)C1. The Kier molecular flexibility index (Phi) is 5.75. The summed E-state index contributed by atoms with van der Waals surface area (Å²) in [5, 5.41) is 0. The van der Waals surface area contributed by atoms with Gasteiger partial charge in [-0.2, -0.15) is 0 Å². The molecule has 5 heteroatoms. The summed E-state index contributed by atoms with van der Waals surface area (Å²) in [5.74, 6) is 3.51. The molecule has 2 heterocycles. The number of nitrogens with zero attached hydrogens (tertiary/aromatic N) is 3. The van der Waals surface area contributed by atoms with E-state index < -0.39 is 0 Å². The number of ether oxygens (including phenoxy) is 2. The second kappa shape index (κ2) is 8.20. The van der Waals surface area contributed by atoms with Crippen molar-refractivity contribution in [2.75, 3.05) is 26.8 Å². The Labute approximate surface area is 144 Å². The summed E-state index contributed by atoms with van der Waals surface area (Å²) in [4.78, 5) is 6.99. The van der Waals surface area contributed by atoms with Gasteiger partial charge in [-0.1, -0.05) is 0 Å². The van der Waals surface area contributed by atoms with E-state index in [0.29, 0.717) is 5.92 Å². The van der Waals surface area contributed by atoms with Crippen LogP contribution in [0.25, 0.3) is 0 Å². The molecule has 24 heavy (non-hydrogen) atoms. The number of hydrogen-bond acceptors (Lipinski definition) is 4. The summed E-state index contributed by atoms with van der Waals surface area (Å²) in [5.41, 5.74) is 0. The van der Waals surface area contributed by atoms with Crippen molar-refractivity contribution in [1.29, 1.82) is 0 Å². The van der Waals surface area contributed by atoms with Gasteiger partial charge in [0.05, 0.1) is 20.3 Å². The highest BCUT2D eigenvalue weighted by Gasteiger charge is 2.21. The smallest absolute Gasteiger partial charge is 0.122 e. The molecular formula is C19H27N3O2. The lowest BCUT2D eigenvalue weighted by Crippen LogP contribution is -2.37. The number of aryl methyl sites for hydroxylation is 1. The number of likely N-dealkylation sites (tertiary alicyclic amines) is 1. The fraction of sp³-hybridized carbons (Fsp3) is 0.526. The van der Waals surface area contributed by atoms with Gasteiger partial charge in [0.1, 0.15) is 17.3 Å². The van der Waals surface area contributed by atoms with Crippen molar-refractivity contribution < 1.29 is 9.47 Å². The average molecular weight is 329 g/mol. The van der Waals surface area contributed by atoms with Crippen molar-refractivity contribution in [3.05, 3.63) is 42.5 Å². The topological polar surface area (TPSA) is 39.5 Å². The van der Waals surface area contributed by atoms with Gasteiger partial charge >= 0.3 is 0 Å². The van der Waals surface area contributed by atoms with Crippen LogP contribution in [0.5, 0.6) is 11.5 Å². The highest BCUT2D eigenvalue weighted by atomic mass is 16.5. The normalized spacial score (nSPS) is 18.5. The molecule has 0 unspecified atom stereocenters. The van der Waals surface area contributed by atoms with Crippen LogP contribution >= 0.6 is 0 Å². The van der Waals surface area contributed by atoms with E-state index >= 15 is 0 Å². The Morgan fingerprint density at radius 3 is 2.75 bits per heavy atom. The second-order valence-electron chi connectivity index (χ2n) is 6.36. The summed E-state index contributed by atoms with van der Waals surface area (Å²) in [7, 11) is 1.68. The molecule has 1 fully saturated rings. The molecule has 5 nitrogen and oxygen atoms in total. The van der Waals surface area contributed by atoms with Crippen molar-refractivity contribution in [2.45, 2.75) is 32.9 Å². The lowest BCUT2D eigenvalue weighted by atomic mass is 9.99. The van der Waals surface area contributed by atoms with E-state index in [1.54, 1.807) is 7.11 Å². The molecular weight excluding hydrogens is 302 g/mol. The molecule has 0 N–H and O–H groups in total. The third kappa shape index (κ3) is 4.29. The maximum absolute atomic E-state index is 5.97. The van der Waals surface area contributed by atoms with Gasteiger partial charge in [-0.15, -0.1) is 0 Å². The third-order valence-electron chi connectivity index (χ3n) is 4.66. The number of aromatic nitrogens is 2. The quantitative estimate of drug-likeness (QED) is 0.782. The van der Waals surface area contributed by atoms with E-state index in [9.17, 15) is 0 Å². The van der Waals surface area contributed by atoms with Crippen LogP contribution in [0, 0.1) is 5.92 Å². The first-order valence-corrected chi connectivity index (χ1v) is 8.77. The largest absolute Gasteiger partial charge is 0.497 e. The standard InChI is InChI=1S/C19H27N3O2/c1-3-22-12-10-20-19(22)14-21-11-4-5-16(13-21)15-24-18-8-6-17(23-2)7-9-18/h6-10,12,16H,3-5,11,13-15H2,1-2H3/t16-/m0/s1. The molecule has 130 valence electrons. The predicted molar refractivity (Wildman–Crippen MR) is 94.4 cm³/mol. The fourth-order valence-electron chi connectivity index (χ4n) is 3.30. The molecule has 0 amide bonds. The molecule has 2 aromatic rings. The number of hydrogen-bond donors (Lipinski definition) is 0. The second-order valence-corrected chi connectivity index (χ2v) is 6.36. The van der Waals surface area contributed by atoms with E-state index in [1.807, 2.05) is 30.5 Å². The molecule has 1 aliphatic heterocycles. The first-order valence-electron chi connectivity index (χ1n) is 8.77. The van der Waals surface area contributed by atoms with Gasteiger partial charge in [-0.05, 0) is 50.6 Å². The molecule has 0 saturated carbocycles. The van der Waals surface area contributed by atoms with Crippen molar-refractivity contribution in [2.24, 2.45) is 5.92 Å². The van der Waals surface area contributed by atoms with Gasteiger partial charge < -0.3 is 14.0 Å².